The smallest absolute Gasteiger partial charge is 0.257 e. The van der Waals surface area contributed by atoms with Crippen LogP contribution in [0.25, 0.3) is 11.5 Å². The first-order chi connectivity index (χ1) is 11.6. The van der Waals surface area contributed by atoms with Gasteiger partial charge in [-0.1, -0.05) is 5.16 Å². The van der Waals surface area contributed by atoms with Crippen molar-refractivity contribution in [1.29, 1.82) is 0 Å². The number of benzene rings is 1. The number of amides is 1. The summed E-state index contributed by atoms with van der Waals surface area (Å²) >= 11 is 0. The van der Waals surface area contributed by atoms with Crippen molar-refractivity contribution in [2.45, 2.75) is 37.7 Å². The molecule has 0 radical (unpaired) electrons. The van der Waals surface area contributed by atoms with Crippen LogP contribution in [0.15, 0.2) is 28.8 Å². The second kappa shape index (κ2) is 6.02. The summed E-state index contributed by atoms with van der Waals surface area (Å²) in [5.74, 6) is 1.99. The average molecular weight is 327 g/mol. The molecule has 0 aliphatic heterocycles. The predicted molar refractivity (Wildman–Crippen MR) is 87.4 cm³/mol. The van der Waals surface area contributed by atoms with E-state index in [-0.39, 0.29) is 5.91 Å². The zero-order valence-corrected chi connectivity index (χ0v) is 13.7. The Kier molecular flexibility index (Phi) is 3.84. The first kappa shape index (κ1) is 15.3. The second-order valence-corrected chi connectivity index (χ2v) is 6.90. The Hall–Kier alpha value is -2.21. The molecule has 2 aliphatic rings. The van der Waals surface area contributed by atoms with Crippen LogP contribution in [-0.4, -0.2) is 45.8 Å². The second-order valence-electron chi connectivity index (χ2n) is 6.90. The van der Waals surface area contributed by atoms with Crippen LogP contribution in [0, 0.1) is 5.92 Å². The van der Waals surface area contributed by atoms with E-state index in [9.17, 15) is 9.90 Å². The molecule has 2 aromatic rings. The summed E-state index contributed by atoms with van der Waals surface area (Å²) in [5.41, 5.74) is 1.40. The van der Waals surface area contributed by atoms with Crippen LogP contribution in [0.5, 0.6) is 0 Å². The molecular formula is C18H21N3O3. The molecular weight excluding hydrogens is 306 g/mol. The number of hydrogen-bond acceptors (Lipinski definition) is 5. The van der Waals surface area contributed by atoms with Crippen LogP contribution in [0.4, 0.5) is 0 Å². The summed E-state index contributed by atoms with van der Waals surface area (Å²) < 4.78 is 5.30. The van der Waals surface area contributed by atoms with E-state index in [1.807, 2.05) is 12.1 Å². The number of aliphatic hydroxyl groups is 1. The Bertz CT molecular complexity index is 732. The molecule has 4 rings (SSSR count). The zero-order chi connectivity index (χ0) is 16.7. The minimum atomic E-state index is -0.419. The highest BCUT2D eigenvalue weighted by molar-refractivity contribution is 5.94. The van der Waals surface area contributed by atoms with E-state index >= 15 is 0 Å². The maximum atomic E-state index is 12.4. The van der Waals surface area contributed by atoms with Crippen LogP contribution in [0.2, 0.25) is 0 Å². The average Bonchev–Trinajstić information content (AvgIpc) is 3.52. The van der Waals surface area contributed by atoms with Crippen LogP contribution in [0.3, 0.4) is 0 Å². The van der Waals surface area contributed by atoms with Crippen LogP contribution < -0.4 is 0 Å². The number of carbonyl (C=O) groups excluding carboxylic acids is 1. The fourth-order valence-electron chi connectivity index (χ4n) is 2.83. The molecule has 126 valence electrons. The molecule has 2 aliphatic carbocycles. The third kappa shape index (κ3) is 3.19. The Balaban J connectivity index is 1.42. The van der Waals surface area contributed by atoms with Gasteiger partial charge in [0.1, 0.15) is 0 Å². The summed E-state index contributed by atoms with van der Waals surface area (Å²) in [7, 11) is 1.72. The first-order valence-corrected chi connectivity index (χ1v) is 8.49. The van der Waals surface area contributed by atoms with E-state index in [4.69, 9.17) is 4.52 Å². The monoisotopic (exact) mass is 327 g/mol. The predicted octanol–water partition coefficient (Wildman–Crippen LogP) is 2.46. The van der Waals surface area contributed by atoms with Crippen LogP contribution in [0.1, 0.15) is 47.8 Å². The van der Waals surface area contributed by atoms with Gasteiger partial charge in [0.15, 0.2) is 5.82 Å². The minimum absolute atomic E-state index is 0.0922. The van der Waals surface area contributed by atoms with Gasteiger partial charge in [-0.25, -0.2) is 0 Å². The summed E-state index contributed by atoms with van der Waals surface area (Å²) in [5, 5.41) is 14.0. The SMILES string of the molecule is CN(CC(O)C1CC1)C(=O)c1ccc(-c2nc(C3CC3)no2)cc1. The van der Waals surface area contributed by atoms with Gasteiger partial charge < -0.3 is 14.5 Å². The molecule has 2 fully saturated rings. The maximum Gasteiger partial charge on any atom is 0.257 e. The molecule has 1 unspecified atom stereocenters. The molecule has 24 heavy (non-hydrogen) atoms. The highest BCUT2D eigenvalue weighted by Gasteiger charge is 2.31. The van der Waals surface area contributed by atoms with Crippen molar-refractivity contribution in [2.24, 2.45) is 5.92 Å². The topological polar surface area (TPSA) is 79.5 Å². The molecule has 1 heterocycles. The van der Waals surface area contributed by atoms with Gasteiger partial charge in [-0.05, 0) is 55.9 Å². The summed E-state index contributed by atoms with van der Waals surface area (Å²) in [6, 6.07) is 7.17. The van der Waals surface area contributed by atoms with E-state index in [2.05, 4.69) is 10.1 Å². The lowest BCUT2D eigenvalue weighted by atomic mass is 10.1. The molecule has 0 spiro atoms. The third-order valence-corrected chi connectivity index (χ3v) is 4.74. The van der Waals surface area contributed by atoms with Gasteiger partial charge in [-0.2, -0.15) is 4.98 Å². The van der Waals surface area contributed by atoms with E-state index in [1.165, 1.54) is 0 Å². The van der Waals surface area contributed by atoms with Crippen molar-refractivity contribution < 1.29 is 14.4 Å². The largest absolute Gasteiger partial charge is 0.391 e. The number of nitrogens with zero attached hydrogens (tertiary/aromatic N) is 3. The third-order valence-electron chi connectivity index (χ3n) is 4.74. The van der Waals surface area contributed by atoms with E-state index in [1.54, 1.807) is 24.1 Å². The Morgan fingerprint density at radius 2 is 2.00 bits per heavy atom. The maximum absolute atomic E-state index is 12.4. The van der Waals surface area contributed by atoms with Crippen molar-refractivity contribution >= 4 is 5.91 Å². The molecule has 0 bridgehead atoms. The number of aromatic nitrogens is 2. The van der Waals surface area contributed by atoms with E-state index in [0.29, 0.717) is 29.8 Å². The summed E-state index contributed by atoms with van der Waals surface area (Å²) in [6.07, 6.45) is 3.96. The van der Waals surface area contributed by atoms with Crippen molar-refractivity contribution in [2.75, 3.05) is 13.6 Å². The Morgan fingerprint density at radius 3 is 2.62 bits per heavy atom. The van der Waals surface area contributed by atoms with Crippen LogP contribution >= 0.6 is 0 Å². The molecule has 6 nitrogen and oxygen atoms in total. The molecule has 2 saturated carbocycles. The van der Waals surface area contributed by atoms with E-state index < -0.39 is 6.10 Å². The van der Waals surface area contributed by atoms with Gasteiger partial charge in [0.2, 0.25) is 0 Å². The van der Waals surface area contributed by atoms with Gasteiger partial charge in [-0.3, -0.25) is 4.79 Å². The number of aliphatic hydroxyl groups excluding tert-OH is 1. The Labute approximate surface area is 140 Å². The van der Waals surface area contributed by atoms with Crippen molar-refractivity contribution in [3.8, 4) is 11.5 Å². The van der Waals surface area contributed by atoms with Gasteiger partial charge in [0, 0.05) is 30.6 Å². The zero-order valence-electron chi connectivity index (χ0n) is 13.7. The molecule has 0 saturated heterocycles. The molecule has 6 heteroatoms. The highest BCUT2D eigenvalue weighted by Crippen LogP contribution is 2.38. The lowest BCUT2D eigenvalue weighted by Gasteiger charge is -2.20. The minimum Gasteiger partial charge on any atom is -0.391 e. The summed E-state index contributed by atoms with van der Waals surface area (Å²) in [4.78, 5) is 18.4. The van der Waals surface area contributed by atoms with Gasteiger partial charge >= 0.3 is 0 Å². The fourth-order valence-corrected chi connectivity index (χ4v) is 2.83. The lowest BCUT2D eigenvalue weighted by Crippen LogP contribution is -2.35. The highest BCUT2D eigenvalue weighted by atomic mass is 16.5. The summed E-state index contributed by atoms with van der Waals surface area (Å²) in [6.45, 7) is 0.375. The van der Waals surface area contributed by atoms with E-state index in [0.717, 1.165) is 37.1 Å². The fraction of sp³-hybridized carbons (Fsp3) is 0.500. The quantitative estimate of drug-likeness (QED) is 0.881. The molecule has 1 aromatic carbocycles. The molecule has 1 aromatic heterocycles. The number of carbonyl (C=O) groups is 1. The molecule has 1 amide bonds. The van der Waals surface area contributed by atoms with Gasteiger partial charge in [0.25, 0.3) is 11.8 Å². The van der Waals surface area contributed by atoms with Crippen molar-refractivity contribution in [3.05, 3.63) is 35.7 Å². The standard InChI is InChI=1S/C18H21N3O3/c1-21(10-15(22)11-2-3-11)18(23)14-8-6-13(7-9-14)17-19-16(20-24-17)12-4-5-12/h6-9,11-12,15,22H,2-5,10H2,1H3. The molecule has 1 N–H and O–H groups in total. The van der Waals surface area contributed by atoms with Crippen LogP contribution in [-0.2, 0) is 0 Å². The normalized spacial score (nSPS) is 18.4. The molecule has 1 atom stereocenters. The number of rotatable bonds is 6. The van der Waals surface area contributed by atoms with Crippen molar-refractivity contribution in [3.63, 3.8) is 0 Å². The van der Waals surface area contributed by atoms with Crippen molar-refractivity contribution in [1.82, 2.24) is 15.0 Å². The first-order valence-electron chi connectivity index (χ1n) is 8.49. The number of likely N-dealkylation sites (N-methyl/N-ethyl adjacent to an activating group) is 1. The van der Waals surface area contributed by atoms with Gasteiger partial charge in [0.05, 0.1) is 6.10 Å². The number of hydrogen-bond donors (Lipinski definition) is 1. The van der Waals surface area contributed by atoms with Gasteiger partial charge in [-0.15, -0.1) is 0 Å². The lowest BCUT2D eigenvalue weighted by molar-refractivity contribution is 0.0645. The Morgan fingerprint density at radius 1 is 1.29 bits per heavy atom.